The molecule has 0 radical (unpaired) electrons. The average molecular weight is 247 g/mol. The van der Waals surface area contributed by atoms with Crippen molar-refractivity contribution in [3.05, 3.63) is 29.8 Å². The van der Waals surface area contributed by atoms with E-state index in [2.05, 4.69) is 10.6 Å². The number of hydrogen-bond donors (Lipinski definition) is 3. The van der Waals surface area contributed by atoms with E-state index >= 15 is 0 Å². The van der Waals surface area contributed by atoms with Crippen molar-refractivity contribution in [2.45, 2.75) is 32.2 Å². The molecule has 0 aliphatic heterocycles. The van der Waals surface area contributed by atoms with Gasteiger partial charge in [0, 0.05) is 12.2 Å². The number of rotatable bonds is 4. The van der Waals surface area contributed by atoms with Crippen molar-refractivity contribution in [2.24, 2.45) is 11.7 Å². The number of benzene rings is 1. The number of aryl methyl sites for hydroxylation is 1. The minimum absolute atomic E-state index is 0.182. The van der Waals surface area contributed by atoms with Crippen molar-refractivity contribution < 1.29 is 4.79 Å². The Morgan fingerprint density at radius 2 is 2.00 bits per heavy atom. The molecule has 1 aliphatic rings. The molecule has 98 valence electrons. The highest BCUT2D eigenvalue weighted by Gasteiger charge is 2.41. The lowest BCUT2D eigenvalue weighted by Crippen LogP contribution is -2.54. The summed E-state index contributed by atoms with van der Waals surface area (Å²) in [4.78, 5) is 11.9. The number of urea groups is 1. The summed E-state index contributed by atoms with van der Waals surface area (Å²) in [5.74, 6) is 0.520. The van der Waals surface area contributed by atoms with Crippen molar-refractivity contribution >= 4 is 11.7 Å². The van der Waals surface area contributed by atoms with Gasteiger partial charge in [-0.25, -0.2) is 4.79 Å². The van der Waals surface area contributed by atoms with Gasteiger partial charge in [0.2, 0.25) is 0 Å². The van der Waals surface area contributed by atoms with Gasteiger partial charge in [-0.3, -0.25) is 0 Å². The topological polar surface area (TPSA) is 67.2 Å². The number of carbonyl (C=O) groups excluding carboxylic acids is 1. The van der Waals surface area contributed by atoms with Crippen LogP contribution >= 0.6 is 0 Å². The van der Waals surface area contributed by atoms with Crippen molar-refractivity contribution in [1.82, 2.24) is 5.32 Å². The van der Waals surface area contributed by atoms with Crippen LogP contribution in [-0.2, 0) is 0 Å². The second-order valence-corrected chi connectivity index (χ2v) is 5.34. The summed E-state index contributed by atoms with van der Waals surface area (Å²) >= 11 is 0. The molecular weight excluding hydrogens is 226 g/mol. The maximum absolute atomic E-state index is 11.9. The van der Waals surface area contributed by atoms with Crippen molar-refractivity contribution in [3.8, 4) is 0 Å². The minimum atomic E-state index is -0.283. The fourth-order valence-electron chi connectivity index (χ4n) is 2.10. The van der Waals surface area contributed by atoms with Gasteiger partial charge in [-0.2, -0.15) is 0 Å². The number of anilines is 1. The molecule has 0 heterocycles. The average Bonchev–Trinajstić information content (AvgIpc) is 3.16. The molecule has 1 aliphatic carbocycles. The van der Waals surface area contributed by atoms with Crippen LogP contribution in [-0.4, -0.2) is 18.1 Å². The highest BCUT2D eigenvalue weighted by Crippen LogP contribution is 2.38. The normalized spacial score (nSPS) is 17.9. The summed E-state index contributed by atoms with van der Waals surface area (Å²) in [6.07, 6.45) is 2.30. The minimum Gasteiger partial charge on any atom is -0.331 e. The fraction of sp³-hybridized carbons (Fsp3) is 0.500. The van der Waals surface area contributed by atoms with Gasteiger partial charge in [-0.05, 0) is 44.7 Å². The molecule has 4 heteroatoms. The summed E-state index contributed by atoms with van der Waals surface area (Å²) in [7, 11) is 0. The lowest BCUT2D eigenvalue weighted by atomic mass is 9.96. The summed E-state index contributed by atoms with van der Waals surface area (Å²) in [5.41, 5.74) is 7.46. The van der Waals surface area contributed by atoms with Gasteiger partial charge >= 0.3 is 6.03 Å². The zero-order valence-electron chi connectivity index (χ0n) is 11.0. The maximum atomic E-state index is 11.9. The van der Waals surface area contributed by atoms with Gasteiger partial charge in [0.1, 0.15) is 0 Å². The van der Waals surface area contributed by atoms with Crippen molar-refractivity contribution in [1.29, 1.82) is 0 Å². The molecule has 1 aromatic carbocycles. The van der Waals surface area contributed by atoms with E-state index in [1.165, 1.54) is 5.56 Å². The smallest absolute Gasteiger partial charge is 0.319 e. The summed E-state index contributed by atoms with van der Waals surface area (Å²) in [6.45, 7) is 4.50. The highest BCUT2D eigenvalue weighted by atomic mass is 16.2. The molecule has 1 atom stereocenters. The first-order valence-electron chi connectivity index (χ1n) is 6.39. The van der Waals surface area contributed by atoms with Gasteiger partial charge in [0.15, 0.2) is 0 Å². The Labute approximate surface area is 108 Å². The number of hydrogen-bond acceptors (Lipinski definition) is 2. The molecular formula is C14H21N3O. The van der Waals surface area contributed by atoms with Crippen LogP contribution in [0.2, 0.25) is 0 Å². The van der Waals surface area contributed by atoms with Crippen LogP contribution in [0.3, 0.4) is 0 Å². The molecule has 0 bridgehead atoms. The van der Waals surface area contributed by atoms with Gasteiger partial charge in [0.25, 0.3) is 0 Å². The molecule has 1 fully saturated rings. The number of nitrogens with two attached hydrogens (primary N) is 1. The molecule has 1 aromatic rings. The predicted molar refractivity (Wildman–Crippen MR) is 73.5 cm³/mol. The van der Waals surface area contributed by atoms with Crippen LogP contribution < -0.4 is 16.4 Å². The Hall–Kier alpha value is -1.55. The largest absolute Gasteiger partial charge is 0.331 e. The molecule has 4 nitrogen and oxygen atoms in total. The molecule has 18 heavy (non-hydrogen) atoms. The molecule has 1 unspecified atom stereocenters. The Bertz CT molecular complexity index is 425. The first-order chi connectivity index (χ1) is 8.53. The van der Waals surface area contributed by atoms with E-state index in [1.807, 2.05) is 38.1 Å². The Balaban J connectivity index is 1.93. The first-order valence-corrected chi connectivity index (χ1v) is 6.39. The van der Waals surface area contributed by atoms with Crippen LogP contribution in [0.4, 0.5) is 10.5 Å². The van der Waals surface area contributed by atoms with E-state index in [1.54, 1.807) is 0 Å². The predicted octanol–water partition coefficient (Wildman–Crippen LogP) is 2.24. The van der Waals surface area contributed by atoms with Crippen molar-refractivity contribution in [3.63, 3.8) is 0 Å². The van der Waals surface area contributed by atoms with Crippen LogP contribution in [0.1, 0.15) is 25.3 Å². The third kappa shape index (κ3) is 3.01. The molecule has 2 amide bonds. The van der Waals surface area contributed by atoms with E-state index < -0.39 is 0 Å². The lowest BCUT2D eigenvalue weighted by molar-refractivity contribution is 0.234. The van der Waals surface area contributed by atoms with Gasteiger partial charge in [-0.1, -0.05) is 17.7 Å². The Kier molecular flexibility index (Phi) is 3.57. The van der Waals surface area contributed by atoms with Gasteiger partial charge < -0.3 is 16.4 Å². The zero-order valence-corrected chi connectivity index (χ0v) is 11.0. The van der Waals surface area contributed by atoms with E-state index in [0.717, 1.165) is 18.5 Å². The fourth-order valence-corrected chi connectivity index (χ4v) is 2.10. The van der Waals surface area contributed by atoms with E-state index in [4.69, 9.17) is 5.73 Å². The molecule has 4 N–H and O–H groups in total. The maximum Gasteiger partial charge on any atom is 0.319 e. The molecule has 2 rings (SSSR count). The Morgan fingerprint density at radius 3 is 2.50 bits per heavy atom. The third-order valence-corrected chi connectivity index (χ3v) is 3.61. The molecule has 0 saturated heterocycles. The molecule has 0 aromatic heterocycles. The van der Waals surface area contributed by atoms with Crippen molar-refractivity contribution in [2.75, 3.05) is 11.9 Å². The number of carbonyl (C=O) groups is 1. The van der Waals surface area contributed by atoms with E-state index in [9.17, 15) is 4.79 Å². The quantitative estimate of drug-likeness (QED) is 0.764. The Morgan fingerprint density at radius 1 is 1.39 bits per heavy atom. The first kappa shape index (κ1) is 12.9. The monoisotopic (exact) mass is 247 g/mol. The van der Waals surface area contributed by atoms with Crippen LogP contribution in [0.25, 0.3) is 0 Å². The SMILES string of the molecule is Cc1ccc(NC(=O)NC(C)(CN)C2CC2)cc1. The summed E-state index contributed by atoms with van der Waals surface area (Å²) in [5, 5.41) is 5.83. The van der Waals surface area contributed by atoms with Gasteiger partial charge in [-0.15, -0.1) is 0 Å². The zero-order chi connectivity index (χ0) is 13.2. The van der Waals surface area contributed by atoms with Crippen LogP contribution in [0.5, 0.6) is 0 Å². The third-order valence-electron chi connectivity index (χ3n) is 3.61. The van der Waals surface area contributed by atoms with E-state index in [0.29, 0.717) is 12.5 Å². The molecule has 0 spiro atoms. The standard InChI is InChI=1S/C14H21N3O/c1-10-3-7-12(8-4-10)16-13(18)17-14(2,9-15)11-5-6-11/h3-4,7-8,11H,5-6,9,15H2,1-2H3,(H2,16,17,18). The van der Waals surface area contributed by atoms with Crippen LogP contribution in [0, 0.1) is 12.8 Å². The summed E-state index contributed by atoms with van der Waals surface area (Å²) in [6, 6.07) is 7.55. The van der Waals surface area contributed by atoms with Gasteiger partial charge in [0.05, 0.1) is 5.54 Å². The lowest BCUT2D eigenvalue weighted by Gasteiger charge is -2.29. The number of nitrogens with one attached hydrogen (secondary N) is 2. The second-order valence-electron chi connectivity index (χ2n) is 5.34. The van der Waals surface area contributed by atoms with Crippen LogP contribution in [0.15, 0.2) is 24.3 Å². The number of amides is 2. The highest BCUT2D eigenvalue weighted by molar-refractivity contribution is 5.89. The summed E-state index contributed by atoms with van der Waals surface area (Å²) < 4.78 is 0. The molecule has 1 saturated carbocycles. The second kappa shape index (κ2) is 4.98. The van der Waals surface area contributed by atoms with E-state index in [-0.39, 0.29) is 11.6 Å².